The summed E-state index contributed by atoms with van der Waals surface area (Å²) >= 11 is 9.33. The van der Waals surface area contributed by atoms with Crippen molar-refractivity contribution >= 4 is 62.7 Å². The average molecular weight is 524 g/mol. The smallest absolute Gasteiger partial charge is 0.338 e. The SMILES string of the molecule is CCOC(=O)c1ccc(N2C[C@@H](C(=O)OCC(=O)Nc3ccc(Br)cc3Cl)CC2=O)cc1. The first-order valence-corrected chi connectivity index (χ1v) is 10.9. The number of nitrogens with one attached hydrogen (secondary N) is 1. The maximum absolute atomic E-state index is 12.4. The first-order valence-electron chi connectivity index (χ1n) is 9.77. The highest BCUT2D eigenvalue weighted by Crippen LogP contribution is 2.27. The van der Waals surface area contributed by atoms with Crippen LogP contribution in [-0.4, -0.2) is 43.5 Å². The maximum Gasteiger partial charge on any atom is 0.338 e. The van der Waals surface area contributed by atoms with E-state index in [4.69, 9.17) is 21.1 Å². The Morgan fingerprint density at radius 2 is 1.88 bits per heavy atom. The molecule has 168 valence electrons. The van der Waals surface area contributed by atoms with Gasteiger partial charge in [-0.25, -0.2) is 4.79 Å². The third-order valence-corrected chi connectivity index (χ3v) is 5.51. The summed E-state index contributed by atoms with van der Waals surface area (Å²) in [5, 5.41) is 2.90. The van der Waals surface area contributed by atoms with Crippen molar-refractivity contribution in [2.45, 2.75) is 13.3 Å². The molecule has 0 aliphatic carbocycles. The number of carbonyl (C=O) groups excluding carboxylic acids is 4. The Labute approximate surface area is 197 Å². The van der Waals surface area contributed by atoms with Crippen molar-refractivity contribution in [3.63, 3.8) is 0 Å². The van der Waals surface area contributed by atoms with Crippen LogP contribution in [0, 0.1) is 5.92 Å². The number of esters is 2. The van der Waals surface area contributed by atoms with E-state index in [0.717, 1.165) is 4.47 Å². The van der Waals surface area contributed by atoms with E-state index in [1.807, 2.05) is 0 Å². The summed E-state index contributed by atoms with van der Waals surface area (Å²) in [6.07, 6.45) is -0.0291. The number of ether oxygens (including phenoxy) is 2. The lowest BCUT2D eigenvalue weighted by Crippen LogP contribution is -2.28. The summed E-state index contributed by atoms with van der Waals surface area (Å²) in [4.78, 5) is 50.0. The summed E-state index contributed by atoms with van der Waals surface area (Å²) in [5.74, 6) is -2.58. The van der Waals surface area contributed by atoms with Crippen LogP contribution in [0.25, 0.3) is 0 Å². The van der Waals surface area contributed by atoms with Crippen molar-refractivity contribution in [2.75, 3.05) is 30.0 Å². The molecule has 32 heavy (non-hydrogen) atoms. The van der Waals surface area contributed by atoms with E-state index in [0.29, 0.717) is 22.0 Å². The second-order valence-electron chi connectivity index (χ2n) is 6.95. The van der Waals surface area contributed by atoms with Crippen molar-refractivity contribution in [1.82, 2.24) is 0 Å². The predicted octanol–water partition coefficient (Wildman–Crippen LogP) is 3.81. The molecule has 0 radical (unpaired) electrons. The molecule has 10 heteroatoms. The number of carbonyl (C=O) groups is 4. The third kappa shape index (κ3) is 5.86. The fraction of sp³-hybridized carbons (Fsp3) is 0.273. The Kier molecular flexibility index (Phi) is 7.87. The van der Waals surface area contributed by atoms with Gasteiger partial charge in [0.1, 0.15) is 0 Å². The van der Waals surface area contributed by atoms with Gasteiger partial charge < -0.3 is 19.7 Å². The maximum atomic E-state index is 12.4. The highest BCUT2D eigenvalue weighted by Gasteiger charge is 2.36. The molecule has 1 saturated heterocycles. The van der Waals surface area contributed by atoms with Crippen LogP contribution in [0.5, 0.6) is 0 Å². The van der Waals surface area contributed by atoms with Gasteiger partial charge in [-0.2, -0.15) is 0 Å². The molecule has 1 atom stereocenters. The molecule has 0 unspecified atom stereocenters. The Morgan fingerprint density at radius 3 is 2.53 bits per heavy atom. The highest BCUT2D eigenvalue weighted by atomic mass is 79.9. The summed E-state index contributed by atoms with van der Waals surface area (Å²) in [5.41, 5.74) is 1.32. The number of rotatable bonds is 7. The fourth-order valence-electron chi connectivity index (χ4n) is 3.14. The molecule has 3 rings (SSSR count). The monoisotopic (exact) mass is 522 g/mol. The summed E-state index contributed by atoms with van der Waals surface area (Å²) < 4.78 is 10.8. The number of benzene rings is 2. The summed E-state index contributed by atoms with van der Waals surface area (Å²) in [7, 11) is 0. The fourth-order valence-corrected chi connectivity index (χ4v) is 3.86. The van der Waals surface area contributed by atoms with E-state index < -0.39 is 30.4 Å². The van der Waals surface area contributed by atoms with Gasteiger partial charge in [0.2, 0.25) is 5.91 Å². The van der Waals surface area contributed by atoms with Crippen LogP contribution in [0.3, 0.4) is 0 Å². The first kappa shape index (κ1) is 23.7. The molecule has 1 N–H and O–H groups in total. The van der Waals surface area contributed by atoms with Gasteiger partial charge in [0, 0.05) is 23.1 Å². The molecule has 1 aliphatic heterocycles. The van der Waals surface area contributed by atoms with Crippen molar-refractivity contribution in [1.29, 1.82) is 0 Å². The Hall–Kier alpha value is -2.91. The van der Waals surface area contributed by atoms with Crippen molar-refractivity contribution in [3.05, 3.63) is 57.5 Å². The van der Waals surface area contributed by atoms with Crippen LogP contribution >= 0.6 is 27.5 Å². The molecule has 0 aromatic heterocycles. The zero-order valence-corrected chi connectivity index (χ0v) is 19.4. The number of hydrogen-bond acceptors (Lipinski definition) is 6. The second kappa shape index (κ2) is 10.6. The van der Waals surface area contributed by atoms with Gasteiger partial charge in [0.05, 0.1) is 28.8 Å². The molecule has 2 aromatic rings. The minimum Gasteiger partial charge on any atom is -0.462 e. The number of anilines is 2. The number of hydrogen-bond donors (Lipinski definition) is 1. The largest absolute Gasteiger partial charge is 0.462 e. The molecule has 0 saturated carbocycles. The van der Waals surface area contributed by atoms with Crippen LogP contribution in [-0.2, 0) is 23.9 Å². The number of nitrogens with zero attached hydrogens (tertiary/aromatic N) is 1. The van der Waals surface area contributed by atoms with Crippen LogP contribution in [0.15, 0.2) is 46.9 Å². The average Bonchev–Trinajstić information content (AvgIpc) is 3.16. The molecule has 2 aromatic carbocycles. The van der Waals surface area contributed by atoms with E-state index in [1.165, 1.54) is 4.90 Å². The molecular formula is C22H20BrClN2O6. The topological polar surface area (TPSA) is 102 Å². The molecule has 1 heterocycles. The van der Waals surface area contributed by atoms with E-state index in [-0.39, 0.29) is 25.5 Å². The van der Waals surface area contributed by atoms with E-state index in [2.05, 4.69) is 21.2 Å². The van der Waals surface area contributed by atoms with E-state index >= 15 is 0 Å². The Bertz CT molecular complexity index is 1040. The zero-order chi connectivity index (χ0) is 23.3. The normalized spacial score (nSPS) is 15.4. The predicted molar refractivity (Wildman–Crippen MR) is 122 cm³/mol. The summed E-state index contributed by atoms with van der Waals surface area (Å²) in [6, 6.07) is 11.3. The van der Waals surface area contributed by atoms with Crippen molar-refractivity contribution < 1.29 is 28.7 Å². The zero-order valence-electron chi connectivity index (χ0n) is 17.1. The Balaban J connectivity index is 1.53. The van der Waals surface area contributed by atoms with Gasteiger partial charge >= 0.3 is 11.9 Å². The number of amides is 2. The minimum absolute atomic E-state index is 0.0291. The second-order valence-corrected chi connectivity index (χ2v) is 8.28. The molecule has 0 bridgehead atoms. The van der Waals surface area contributed by atoms with Gasteiger partial charge in [0.15, 0.2) is 6.61 Å². The highest BCUT2D eigenvalue weighted by molar-refractivity contribution is 9.10. The Morgan fingerprint density at radius 1 is 1.16 bits per heavy atom. The van der Waals surface area contributed by atoms with Gasteiger partial charge in [-0.1, -0.05) is 27.5 Å². The first-order chi connectivity index (χ1) is 15.3. The quantitative estimate of drug-likeness (QED) is 0.554. The van der Waals surface area contributed by atoms with E-state index in [9.17, 15) is 19.2 Å². The minimum atomic E-state index is -0.698. The van der Waals surface area contributed by atoms with Crippen LogP contribution in [0.1, 0.15) is 23.7 Å². The molecule has 0 spiro atoms. The molecule has 2 amide bonds. The van der Waals surface area contributed by atoms with E-state index in [1.54, 1.807) is 49.4 Å². The van der Waals surface area contributed by atoms with Crippen LogP contribution in [0.2, 0.25) is 5.02 Å². The molecular weight excluding hydrogens is 504 g/mol. The van der Waals surface area contributed by atoms with Gasteiger partial charge in [-0.05, 0) is 49.4 Å². The van der Waals surface area contributed by atoms with Gasteiger partial charge in [0.25, 0.3) is 5.91 Å². The van der Waals surface area contributed by atoms with Crippen molar-refractivity contribution in [3.8, 4) is 0 Å². The number of halogens is 2. The molecule has 1 fully saturated rings. The standard InChI is InChI=1S/C22H20BrClN2O6/c1-2-31-21(29)13-3-6-16(7-4-13)26-11-14(9-20(26)28)22(30)32-12-19(27)25-18-8-5-15(23)10-17(18)24/h3-8,10,14H,2,9,11-12H2,1H3,(H,25,27)/t14-/m0/s1. The summed E-state index contributed by atoms with van der Waals surface area (Å²) in [6.45, 7) is 1.61. The lowest BCUT2D eigenvalue weighted by atomic mass is 10.1. The van der Waals surface area contributed by atoms with Crippen LogP contribution in [0.4, 0.5) is 11.4 Å². The lowest BCUT2D eigenvalue weighted by molar-refractivity contribution is -0.151. The van der Waals surface area contributed by atoms with Crippen LogP contribution < -0.4 is 10.2 Å². The van der Waals surface area contributed by atoms with Gasteiger partial charge in [-0.15, -0.1) is 0 Å². The molecule has 1 aliphatic rings. The lowest BCUT2D eigenvalue weighted by Gasteiger charge is -2.17. The third-order valence-electron chi connectivity index (χ3n) is 4.70. The molecule has 8 nitrogen and oxygen atoms in total. The van der Waals surface area contributed by atoms with Gasteiger partial charge in [-0.3, -0.25) is 14.4 Å². The van der Waals surface area contributed by atoms with Crippen molar-refractivity contribution in [2.24, 2.45) is 5.92 Å².